The van der Waals surface area contributed by atoms with Gasteiger partial charge in [-0.1, -0.05) is 23.2 Å². The number of hydrogen-bond acceptors (Lipinski definition) is 3. The Hall–Kier alpha value is -1.98. The van der Waals surface area contributed by atoms with Crippen molar-refractivity contribution in [3.05, 3.63) is 46.2 Å². The van der Waals surface area contributed by atoms with Crippen LogP contribution in [0.25, 0.3) is 16.7 Å². The van der Waals surface area contributed by atoms with E-state index in [0.29, 0.717) is 27.5 Å². The highest BCUT2D eigenvalue weighted by molar-refractivity contribution is 6.32. The normalized spacial score (nSPS) is 11.0. The zero-order valence-electron chi connectivity index (χ0n) is 10.9. The predicted molar refractivity (Wildman–Crippen MR) is 82.0 cm³/mol. The largest absolute Gasteiger partial charge is 0.495 e. The van der Waals surface area contributed by atoms with Gasteiger partial charge in [-0.3, -0.25) is 4.57 Å². The minimum atomic E-state index is -0.540. The number of nitrogens with two attached hydrogens (primary N) is 1. The quantitative estimate of drug-likeness (QED) is 0.772. The minimum absolute atomic E-state index is 0.00302. The van der Waals surface area contributed by atoms with Gasteiger partial charge in [0.25, 0.3) is 0 Å². The number of nitrogen functional groups attached to an aromatic ring is 1. The number of methoxy groups -OCH3 is 1. The average molecular weight is 326 g/mol. The molecule has 1 aromatic heterocycles. The SMILES string of the molecule is COc1ccc(-n2c(N)nc3cc(F)c(Cl)cc32)cc1Cl. The van der Waals surface area contributed by atoms with Crippen LogP contribution in [0.1, 0.15) is 0 Å². The molecule has 0 bridgehead atoms. The third kappa shape index (κ3) is 2.28. The van der Waals surface area contributed by atoms with Gasteiger partial charge in [0.2, 0.25) is 5.95 Å². The average Bonchev–Trinajstić information content (AvgIpc) is 2.74. The van der Waals surface area contributed by atoms with Gasteiger partial charge in [-0.25, -0.2) is 9.37 Å². The highest BCUT2D eigenvalue weighted by atomic mass is 35.5. The molecule has 2 N–H and O–H groups in total. The van der Waals surface area contributed by atoms with Crippen LogP contribution >= 0.6 is 23.2 Å². The molecular formula is C14H10Cl2FN3O. The summed E-state index contributed by atoms with van der Waals surface area (Å²) in [5.74, 6) is 0.224. The van der Waals surface area contributed by atoms with Gasteiger partial charge in [-0.15, -0.1) is 0 Å². The molecule has 4 nitrogen and oxygen atoms in total. The summed E-state index contributed by atoms with van der Waals surface area (Å²) in [7, 11) is 1.53. The highest BCUT2D eigenvalue weighted by Crippen LogP contribution is 2.31. The molecule has 0 aliphatic carbocycles. The zero-order valence-corrected chi connectivity index (χ0v) is 12.4. The van der Waals surface area contributed by atoms with Crippen molar-refractivity contribution in [2.45, 2.75) is 0 Å². The molecule has 0 saturated carbocycles. The summed E-state index contributed by atoms with van der Waals surface area (Å²) < 4.78 is 20.3. The van der Waals surface area contributed by atoms with Gasteiger partial charge in [0.15, 0.2) is 0 Å². The maximum Gasteiger partial charge on any atom is 0.205 e. The molecule has 0 amide bonds. The summed E-state index contributed by atoms with van der Waals surface area (Å²) in [4.78, 5) is 4.13. The monoisotopic (exact) mass is 325 g/mol. The molecule has 3 rings (SSSR count). The lowest BCUT2D eigenvalue weighted by atomic mass is 10.2. The number of nitrogens with zero attached hydrogens (tertiary/aromatic N) is 2. The van der Waals surface area contributed by atoms with Crippen molar-refractivity contribution in [2.75, 3.05) is 12.8 Å². The van der Waals surface area contributed by atoms with Crippen LogP contribution in [0.2, 0.25) is 10.0 Å². The Morgan fingerprint density at radius 1 is 1.19 bits per heavy atom. The number of hydrogen-bond donors (Lipinski definition) is 1. The van der Waals surface area contributed by atoms with Crippen molar-refractivity contribution >= 4 is 40.2 Å². The minimum Gasteiger partial charge on any atom is -0.495 e. The van der Waals surface area contributed by atoms with Gasteiger partial charge >= 0.3 is 0 Å². The second kappa shape index (κ2) is 5.09. The molecule has 0 unspecified atom stereocenters. The summed E-state index contributed by atoms with van der Waals surface area (Å²) >= 11 is 12.0. The Labute approximate surface area is 129 Å². The number of halogens is 3. The van der Waals surface area contributed by atoms with E-state index in [-0.39, 0.29) is 11.0 Å². The highest BCUT2D eigenvalue weighted by Gasteiger charge is 2.14. The topological polar surface area (TPSA) is 53.1 Å². The van der Waals surface area contributed by atoms with Gasteiger partial charge in [-0.2, -0.15) is 0 Å². The molecule has 0 fully saturated rings. The second-order valence-electron chi connectivity index (χ2n) is 4.38. The van der Waals surface area contributed by atoms with Crippen LogP contribution in [0.4, 0.5) is 10.3 Å². The summed E-state index contributed by atoms with van der Waals surface area (Å²) in [6.07, 6.45) is 0. The van der Waals surface area contributed by atoms with E-state index in [9.17, 15) is 4.39 Å². The van der Waals surface area contributed by atoms with Crippen molar-refractivity contribution in [3.63, 3.8) is 0 Å². The lowest BCUT2D eigenvalue weighted by Crippen LogP contribution is -2.01. The number of ether oxygens (including phenoxy) is 1. The molecule has 0 spiro atoms. The Kier molecular flexibility index (Phi) is 3.39. The van der Waals surface area contributed by atoms with Crippen LogP contribution in [0.15, 0.2) is 30.3 Å². The van der Waals surface area contributed by atoms with Crippen molar-refractivity contribution < 1.29 is 9.13 Å². The number of aromatic nitrogens is 2. The van der Waals surface area contributed by atoms with Crippen LogP contribution in [0.5, 0.6) is 5.75 Å². The molecule has 0 aliphatic heterocycles. The van der Waals surface area contributed by atoms with Gasteiger partial charge < -0.3 is 10.5 Å². The fourth-order valence-corrected chi connectivity index (χ4v) is 2.57. The first-order chi connectivity index (χ1) is 10.0. The van der Waals surface area contributed by atoms with Crippen LogP contribution < -0.4 is 10.5 Å². The molecule has 108 valence electrons. The first kappa shape index (κ1) is 14.0. The molecular weight excluding hydrogens is 316 g/mol. The van der Waals surface area contributed by atoms with E-state index in [4.69, 9.17) is 33.7 Å². The molecule has 0 radical (unpaired) electrons. The summed E-state index contributed by atoms with van der Waals surface area (Å²) in [5.41, 5.74) is 7.62. The van der Waals surface area contributed by atoms with Crippen molar-refractivity contribution in [3.8, 4) is 11.4 Å². The number of benzene rings is 2. The Bertz CT molecular complexity index is 848. The van der Waals surface area contributed by atoms with Gasteiger partial charge in [-0.05, 0) is 24.3 Å². The molecule has 0 atom stereocenters. The molecule has 21 heavy (non-hydrogen) atoms. The van der Waals surface area contributed by atoms with E-state index in [1.54, 1.807) is 22.8 Å². The maximum atomic E-state index is 13.5. The number of rotatable bonds is 2. The standard InChI is InChI=1S/C14H10Cl2FN3O/c1-21-13-3-2-7(4-9(13)16)20-12-5-8(15)10(17)6-11(12)19-14(20)18/h2-6H,1H3,(H2,18,19). The predicted octanol–water partition coefficient (Wildman–Crippen LogP) is 4.06. The van der Waals surface area contributed by atoms with Gasteiger partial charge in [0.05, 0.1) is 33.9 Å². The Balaban J connectivity index is 2.27. The number of anilines is 1. The fourth-order valence-electron chi connectivity index (χ4n) is 2.16. The molecule has 0 saturated heterocycles. The van der Waals surface area contributed by atoms with E-state index >= 15 is 0 Å². The van der Waals surface area contributed by atoms with Crippen LogP contribution in [0.3, 0.4) is 0 Å². The fraction of sp³-hybridized carbons (Fsp3) is 0.0714. The van der Waals surface area contributed by atoms with E-state index in [1.165, 1.54) is 19.2 Å². The molecule has 7 heteroatoms. The van der Waals surface area contributed by atoms with E-state index in [0.717, 1.165) is 0 Å². The van der Waals surface area contributed by atoms with Gasteiger partial charge in [0.1, 0.15) is 11.6 Å². The number of fused-ring (bicyclic) bond motifs is 1. The Morgan fingerprint density at radius 2 is 1.95 bits per heavy atom. The molecule has 2 aromatic carbocycles. The third-order valence-electron chi connectivity index (χ3n) is 3.12. The maximum absolute atomic E-state index is 13.5. The van der Waals surface area contributed by atoms with Crippen LogP contribution in [-0.2, 0) is 0 Å². The third-order valence-corrected chi connectivity index (χ3v) is 3.70. The van der Waals surface area contributed by atoms with Crippen molar-refractivity contribution in [2.24, 2.45) is 0 Å². The molecule has 1 heterocycles. The lowest BCUT2D eigenvalue weighted by Gasteiger charge is -2.09. The summed E-state index contributed by atoms with van der Waals surface area (Å²) in [6, 6.07) is 7.91. The smallest absolute Gasteiger partial charge is 0.205 e. The molecule has 3 aromatic rings. The Morgan fingerprint density at radius 3 is 2.62 bits per heavy atom. The van der Waals surface area contributed by atoms with E-state index < -0.39 is 5.82 Å². The lowest BCUT2D eigenvalue weighted by molar-refractivity contribution is 0.415. The zero-order chi connectivity index (χ0) is 15.1. The van der Waals surface area contributed by atoms with Crippen LogP contribution in [-0.4, -0.2) is 16.7 Å². The van der Waals surface area contributed by atoms with Crippen molar-refractivity contribution in [1.82, 2.24) is 9.55 Å². The van der Waals surface area contributed by atoms with Crippen molar-refractivity contribution in [1.29, 1.82) is 0 Å². The van der Waals surface area contributed by atoms with E-state index in [2.05, 4.69) is 4.98 Å². The molecule has 0 aliphatic rings. The number of imidazole rings is 1. The summed E-state index contributed by atoms with van der Waals surface area (Å²) in [5, 5.41) is 0.438. The van der Waals surface area contributed by atoms with Crippen LogP contribution in [0, 0.1) is 5.82 Å². The summed E-state index contributed by atoms with van der Waals surface area (Å²) in [6.45, 7) is 0. The first-order valence-corrected chi connectivity index (χ1v) is 6.73. The van der Waals surface area contributed by atoms with E-state index in [1.807, 2.05) is 0 Å². The van der Waals surface area contributed by atoms with Gasteiger partial charge in [0, 0.05) is 6.07 Å². The second-order valence-corrected chi connectivity index (χ2v) is 5.19. The first-order valence-electron chi connectivity index (χ1n) is 5.98.